The summed E-state index contributed by atoms with van der Waals surface area (Å²) in [5.74, 6) is -0.692. The summed E-state index contributed by atoms with van der Waals surface area (Å²) in [6.45, 7) is 0. The Morgan fingerprint density at radius 1 is 1.15 bits per heavy atom. The summed E-state index contributed by atoms with van der Waals surface area (Å²) in [4.78, 5) is 12.3. The number of nitrogens with two attached hydrogens (primary N) is 1. The van der Waals surface area contributed by atoms with Crippen molar-refractivity contribution in [3.05, 3.63) is 64.1 Å². The zero-order valence-corrected chi connectivity index (χ0v) is 11.8. The summed E-state index contributed by atoms with van der Waals surface area (Å²) in [5, 5.41) is 0.671. The van der Waals surface area contributed by atoms with Crippen molar-refractivity contribution in [3.63, 3.8) is 0 Å². The summed E-state index contributed by atoms with van der Waals surface area (Å²) in [6.07, 6.45) is 0. The number of ketones is 1. The Hall–Kier alpha value is -2.14. The number of fused-ring (bicyclic) bond motifs is 1. The van der Waals surface area contributed by atoms with Crippen LogP contribution in [0.15, 0.2) is 51.4 Å². The van der Waals surface area contributed by atoms with Gasteiger partial charge in [-0.3, -0.25) is 4.79 Å². The molecule has 1 heterocycles. The molecule has 3 aromatic rings. The molecular weight excluding hydrogens is 325 g/mol. The quantitative estimate of drug-likeness (QED) is 0.717. The molecule has 0 fully saturated rings. The van der Waals surface area contributed by atoms with Gasteiger partial charge in [-0.15, -0.1) is 0 Å². The fourth-order valence-corrected chi connectivity index (χ4v) is 2.35. The molecule has 2 N–H and O–H groups in total. The van der Waals surface area contributed by atoms with Gasteiger partial charge in [0.1, 0.15) is 11.4 Å². The number of furan rings is 1. The molecule has 3 nitrogen and oxygen atoms in total. The molecule has 20 heavy (non-hydrogen) atoms. The SMILES string of the molecule is Nc1c(C(=O)c2ccc(F)cc2)oc2ccc(Br)cc12. The van der Waals surface area contributed by atoms with Crippen LogP contribution in [0.25, 0.3) is 11.0 Å². The Morgan fingerprint density at radius 2 is 1.85 bits per heavy atom. The van der Waals surface area contributed by atoms with Crippen molar-refractivity contribution in [1.82, 2.24) is 0 Å². The minimum Gasteiger partial charge on any atom is -0.450 e. The second-order valence-corrected chi connectivity index (χ2v) is 5.24. The molecule has 0 spiro atoms. The smallest absolute Gasteiger partial charge is 0.230 e. The summed E-state index contributed by atoms with van der Waals surface area (Å²) < 4.78 is 19.2. The minimum atomic E-state index is -0.400. The van der Waals surface area contributed by atoms with Gasteiger partial charge in [-0.25, -0.2) is 4.39 Å². The Kier molecular flexibility index (Phi) is 3.06. The molecule has 0 saturated heterocycles. The maximum Gasteiger partial charge on any atom is 0.230 e. The monoisotopic (exact) mass is 333 g/mol. The largest absolute Gasteiger partial charge is 0.450 e. The first-order valence-corrected chi connectivity index (χ1v) is 6.63. The Labute approximate surface area is 122 Å². The number of halogens is 2. The van der Waals surface area contributed by atoms with Gasteiger partial charge in [0.2, 0.25) is 5.78 Å². The molecule has 0 atom stereocenters. The molecule has 0 bridgehead atoms. The van der Waals surface area contributed by atoms with E-state index in [9.17, 15) is 9.18 Å². The molecule has 0 saturated carbocycles. The molecule has 0 aliphatic carbocycles. The molecular formula is C15H9BrFNO2. The van der Waals surface area contributed by atoms with Crippen molar-refractivity contribution in [2.45, 2.75) is 0 Å². The lowest BCUT2D eigenvalue weighted by Crippen LogP contribution is -2.02. The van der Waals surface area contributed by atoms with Crippen LogP contribution in [-0.4, -0.2) is 5.78 Å². The first-order chi connectivity index (χ1) is 9.56. The van der Waals surface area contributed by atoms with Crippen molar-refractivity contribution in [3.8, 4) is 0 Å². The van der Waals surface area contributed by atoms with Gasteiger partial charge in [-0.2, -0.15) is 0 Å². The Morgan fingerprint density at radius 3 is 2.55 bits per heavy atom. The second kappa shape index (κ2) is 4.76. The fourth-order valence-electron chi connectivity index (χ4n) is 1.99. The van der Waals surface area contributed by atoms with E-state index in [1.165, 1.54) is 24.3 Å². The van der Waals surface area contributed by atoms with Crippen molar-refractivity contribution in [1.29, 1.82) is 0 Å². The molecule has 0 unspecified atom stereocenters. The van der Waals surface area contributed by atoms with E-state index in [0.29, 0.717) is 16.5 Å². The molecule has 1 aromatic heterocycles. The standard InChI is InChI=1S/C15H9BrFNO2/c16-9-3-6-12-11(7-9)13(18)15(20-12)14(19)8-1-4-10(17)5-2-8/h1-7H,18H2. The number of rotatable bonds is 2. The van der Waals surface area contributed by atoms with E-state index in [2.05, 4.69) is 15.9 Å². The molecule has 0 amide bonds. The molecule has 100 valence electrons. The third-order valence-electron chi connectivity index (χ3n) is 3.00. The highest BCUT2D eigenvalue weighted by molar-refractivity contribution is 9.10. The molecule has 2 aromatic carbocycles. The van der Waals surface area contributed by atoms with Gasteiger partial charge in [0.05, 0.1) is 5.69 Å². The molecule has 3 rings (SSSR count). The zero-order valence-electron chi connectivity index (χ0n) is 10.2. The van der Waals surface area contributed by atoms with Crippen LogP contribution in [0, 0.1) is 5.82 Å². The highest BCUT2D eigenvalue weighted by Crippen LogP contribution is 2.32. The van der Waals surface area contributed by atoms with Crippen LogP contribution in [0.2, 0.25) is 0 Å². The number of carbonyl (C=O) groups is 1. The summed E-state index contributed by atoms with van der Waals surface area (Å²) in [7, 11) is 0. The van der Waals surface area contributed by atoms with Crippen LogP contribution in [0.5, 0.6) is 0 Å². The highest BCUT2D eigenvalue weighted by atomic mass is 79.9. The lowest BCUT2D eigenvalue weighted by Gasteiger charge is -1.98. The van der Waals surface area contributed by atoms with Crippen molar-refractivity contribution >= 4 is 38.4 Å². The van der Waals surface area contributed by atoms with Gasteiger partial charge in [-0.05, 0) is 42.5 Å². The Bertz CT molecular complexity index is 809. The van der Waals surface area contributed by atoms with E-state index in [0.717, 1.165) is 4.47 Å². The predicted molar refractivity (Wildman–Crippen MR) is 78.2 cm³/mol. The lowest BCUT2D eigenvalue weighted by molar-refractivity contribution is 0.101. The van der Waals surface area contributed by atoms with Crippen LogP contribution < -0.4 is 5.73 Å². The zero-order chi connectivity index (χ0) is 14.3. The summed E-state index contributed by atoms with van der Waals surface area (Å²) in [6, 6.07) is 10.6. The van der Waals surface area contributed by atoms with Gasteiger partial charge >= 0.3 is 0 Å². The van der Waals surface area contributed by atoms with Crippen molar-refractivity contribution in [2.24, 2.45) is 0 Å². The predicted octanol–water partition coefficient (Wildman–Crippen LogP) is 4.15. The van der Waals surface area contributed by atoms with Crippen LogP contribution in [0.4, 0.5) is 10.1 Å². The summed E-state index contributed by atoms with van der Waals surface area (Å²) >= 11 is 3.34. The van der Waals surface area contributed by atoms with E-state index in [4.69, 9.17) is 10.2 Å². The van der Waals surface area contributed by atoms with E-state index in [1.807, 2.05) is 0 Å². The maximum absolute atomic E-state index is 12.9. The van der Waals surface area contributed by atoms with Crippen molar-refractivity contribution < 1.29 is 13.6 Å². The number of carbonyl (C=O) groups excluding carboxylic acids is 1. The average Bonchev–Trinajstić information content (AvgIpc) is 2.76. The third-order valence-corrected chi connectivity index (χ3v) is 3.49. The number of hydrogen-bond acceptors (Lipinski definition) is 3. The van der Waals surface area contributed by atoms with E-state index in [-0.39, 0.29) is 17.2 Å². The molecule has 5 heteroatoms. The van der Waals surface area contributed by atoms with Crippen LogP contribution in [0.3, 0.4) is 0 Å². The second-order valence-electron chi connectivity index (χ2n) is 4.32. The minimum absolute atomic E-state index is 0.0738. The van der Waals surface area contributed by atoms with Crippen LogP contribution in [0.1, 0.15) is 16.1 Å². The van der Waals surface area contributed by atoms with Crippen LogP contribution >= 0.6 is 15.9 Å². The lowest BCUT2D eigenvalue weighted by atomic mass is 10.1. The third kappa shape index (κ3) is 2.10. The fraction of sp³-hybridized carbons (Fsp3) is 0. The van der Waals surface area contributed by atoms with Gasteiger partial charge in [0.15, 0.2) is 5.76 Å². The Balaban J connectivity index is 2.12. The van der Waals surface area contributed by atoms with E-state index < -0.39 is 5.82 Å². The topological polar surface area (TPSA) is 56.2 Å². The first-order valence-electron chi connectivity index (χ1n) is 5.84. The van der Waals surface area contributed by atoms with Gasteiger partial charge in [0, 0.05) is 15.4 Å². The van der Waals surface area contributed by atoms with Gasteiger partial charge in [0.25, 0.3) is 0 Å². The average molecular weight is 334 g/mol. The van der Waals surface area contributed by atoms with Gasteiger partial charge in [-0.1, -0.05) is 15.9 Å². The normalized spacial score (nSPS) is 10.9. The van der Waals surface area contributed by atoms with E-state index >= 15 is 0 Å². The molecule has 0 radical (unpaired) electrons. The van der Waals surface area contributed by atoms with E-state index in [1.54, 1.807) is 18.2 Å². The first kappa shape index (κ1) is 12.9. The van der Waals surface area contributed by atoms with Crippen LogP contribution in [-0.2, 0) is 0 Å². The molecule has 0 aliphatic heterocycles. The van der Waals surface area contributed by atoms with Gasteiger partial charge < -0.3 is 10.2 Å². The summed E-state index contributed by atoms with van der Waals surface area (Å²) in [5.41, 5.74) is 7.12. The highest BCUT2D eigenvalue weighted by Gasteiger charge is 2.20. The number of benzene rings is 2. The maximum atomic E-state index is 12.9. The number of anilines is 1. The molecule has 0 aliphatic rings. The number of nitrogen functional groups attached to an aromatic ring is 1. The number of hydrogen-bond donors (Lipinski definition) is 1. The van der Waals surface area contributed by atoms with Crippen molar-refractivity contribution in [2.75, 3.05) is 5.73 Å².